The highest BCUT2D eigenvalue weighted by Crippen LogP contribution is 2.11. The molecule has 0 radical (unpaired) electrons. The lowest BCUT2D eigenvalue weighted by Crippen LogP contribution is -2.53. The van der Waals surface area contributed by atoms with Crippen molar-refractivity contribution in [2.45, 2.75) is 30.8 Å². The summed E-state index contributed by atoms with van der Waals surface area (Å²) in [6.45, 7) is 4.85. The van der Waals surface area contributed by atoms with Gasteiger partial charge in [0.05, 0.1) is 10.6 Å². The molecule has 0 aliphatic carbocycles. The Kier molecular flexibility index (Phi) is 7.56. The van der Waals surface area contributed by atoms with Gasteiger partial charge in [-0.05, 0) is 31.2 Å². The Bertz CT molecular complexity index is 779. The lowest BCUT2D eigenvalue weighted by Gasteiger charge is -2.30. The van der Waals surface area contributed by atoms with E-state index >= 15 is 0 Å². The van der Waals surface area contributed by atoms with Crippen molar-refractivity contribution in [2.75, 3.05) is 39.0 Å². The average Bonchev–Trinajstić information content (AvgIpc) is 2.59. The zero-order valence-corrected chi connectivity index (χ0v) is 16.9. The smallest absolute Gasteiger partial charge is 0.240 e. The first-order chi connectivity index (χ1) is 12.2. The third kappa shape index (κ3) is 6.60. The van der Waals surface area contributed by atoms with E-state index in [1.54, 1.807) is 19.1 Å². The number of hydrogen-bond acceptors (Lipinski definition) is 6. The number of benzene rings is 1. The largest absolute Gasteiger partial charge is 0.310 e. The number of nitrogens with one attached hydrogen (secondary N) is 3. The van der Waals surface area contributed by atoms with Crippen molar-refractivity contribution in [3.8, 4) is 0 Å². The quantitative estimate of drug-likeness (QED) is 0.522. The molecule has 3 N–H and O–H groups in total. The van der Waals surface area contributed by atoms with E-state index < -0.39 is 20.0 Å². The van der Waals surface area contributed by atoms with Crippen LogP contribution in [0.3, 0.4) is 0 Å². The van der Waals surface area contributed by atoms with Crippen molar-refractivity contribution < 1.29 is 16.8 Å². The Hall–Kier alpha value is -1.04. The van der Waals surface area contributed by atoms with Crippen LogP contribution in [0.2, 0.25) is 0 Å². The highest BCUT2D eigenvalue weighted by molar-refractivity contribution is 7.89. The molecular formula is C16H28N4O4S2. The minimum atomic E-state index is -3.59. The van der Waals surface area contributed by atoms with Gasteiger partial charge in [0.1, 0.15) is 0 Å². The van der Waals surface area contributed by atoms with Crippen LogP contribution in [0.1, 0.15) is 18.9 Å². The standard InChI is InChI=1S/C16H28N4O4S2/c1-3-10-25(21,22)18-11-14-4-6-16(7-5-14)26(23,24)19-12-15-13-20(2)9-8-17-15/h4-7,15,17-19H,3,8-13H2,1-2H3. The maximum atomic E-state index is 12.4. The van der Waals surface area contributed by atoms with Gasteiger partial charge in [-0.25, -0.2) is 26.3 Å². The molecule has 1 aromatic rings. The summed E-state index contributed by atoms with van der Waals surface area (Å²) in [5.41, 5.74) is 0.708. The van der Waals surface area contributed by atoms with E-state index in [-0.39, 0.29) is 23.2 Å². The summed E-state index contributed by atoms with van der Waals surface area (Å²) in [7, 11) is -4.87. The van der Waals surface area contributed by atoms with Gasteiger partial charge in [-0.15, -0.1) is 0 Å². The summed E-state index contributed by atoms with van der Waals surface area (Å²) in [6, 6.07) is 6.31. The molecule has 1 saturated heterocycles. The van der Waals surface area contributed by atoms with E-state index in [1.165, 1.54) is 12.1 Å². The van der Waals surface area contributed by atoms with E-state index in [0.29, 0.717) is 18.5 Å². The Balaban J connectivity index is 1.91. The molecule has 8 nitrogen and oxygen atoms in total. The van der Waals surface area contributed by atoms with Crippen LogP contribution < -0.4 is 14.8 Å². The van der Waals surface area contributed by atoms with E-state index in [9.17, 15) is 16.8 Å². The number of sulfonamides is 2. The summed E-state index contributed by atoms with van der Waals surface area (Å²) in [6.07, 6.45) is 0.545. The van der Waals surface area contributed by atoms with Crippen LogP contribution in [-0.2, 0) is 26.6 Å². The third-order valence-electron chi connectivity index (χ3n) is 4.18. The van der Waals surface area contributed by atoms with E-state index in [2.05, 4.69) is 19.7 Å². The Morgan fingerprint density at radius 2 is 1.85 bits per heavy atom. The van der Waals surface area contributed by atoms with E-state index in [4.69, 9.17) is 0 Å². The lowest BCUT2D eigenvalue weighted by atomic mass is 10.2. The van der Waals surface area contributed by atoms with Crippen LogP contribution in [0, 0.1) is 0 Å². The zero-order chi connectivity index (χ0) is 19.2. The fourth-order valence-corrected chi connectivity index (χ4v) is 4.89. The van der Waals surface area contributed by atoms with Crippen molar-refractivity contribution in [1.29, 1.82) is 0 Å². The minimum Gasteiger partial charge on any atom is -0.310 e. The van der Waals surface area contributed by atoms with Crippen LogP contribution in [0.4, 0.5) is 0 Å². The molecule has 0 saturated carbocycles. The normalized spacial score (nSPS) is 19.5. The second-order valence-electron chi connectivity index (χ2n) is 6.55. The van der Waals surface area contributed by atoms with E-state index in [0.717, 1.165) is 19.6 Å². The van der Waals surface area contributed by atoms with Crippen molar-refractivity contribution in [3.05, 3.63) is 29.8 Å². The van der Waals surface area contributed by atoms with Crippen molar-refractivity contribution in [1.82, 2.24) is 19.7 Å². The molecule has 1 unspecified atom stereocenters. The monoisotopic (exact) mass is 404 g/mol. The fraction of sp³-hybridized carbons (Fsp3) is 0.625. The predicted octanol–water partition coefficient (Wildman–Crippen LogP) is -0.302. The van der Waals surface area contributed by atoms with Gasteiger partial charge in [-0.3, -0.25) is 0 Å². The maximum absolute atomic E-state index is 12.4. The van der Waals surface area contributed by atoms with Crippen molar-refractivity contribution in [2.24, 2.45) is 0 Å². The SMILES string of the molecule is CCCS(=O)(=O)NCc1ccc(S(=O)(=O)NCC2CN(C)CCN2)cc1. The number of rotatable bonds is 9. The van der Waals surface area contributed by atoms with Gasteiger partial charge in [0.2, 0.25) is 20.0 Å². The van der Waals surface area contributed by atoms with Gasteiger partial charge >= 0.3 is 0 Å². The molecule has 1 heterocycles. The molecule has 26 heavy (non-hydrogen) atoms. The Morgan fingerprint density at radius 1 is 1.15 bits per heavy atom. The van der Waals surface area contributed by atoms with Gasteiger partial charge in [0, 0.05) is 38.8 Å². The number of piperazine rings is 1. The first-order valence-corrected chi connectivity index (χ1v) is 11.8. The van der Waals surface area contributed by atoms with Crippen molar-refractivity contribution in [3.63, 3.8) is 0 Å². The molecule has 1 fully saturated rings. The Morgan fingerprint density at radius 3 is 2.46 bits per heavy atom. The molecule has 0 spiro atoms. The highest BCUT2D eigenvalue weighted by atomic mass is 32.2. The zero-order valence-electron chi connectivity index (χ0n) is 15.2. The number of nitrogens with zero attached hydrogens (tertiary/aromatic N) is 1. The van der Waals surface area contributed by atoms with Crippen LogP contribution in [0.5, 0.6) is 0 Å². The second kappa shape index (κ2) is 9.25. The average molecular weight is 405 g/mol. The summed E-state index contributed by atoms with van der Waals surface area (Å²) in [4.78, 5) is 2.32. The summed E-state index contributed by atoms with van der Waals surface area (Å²) in [5, 5.41) is 3.29. The van der Waals surface area contributed by atoms with Gasteiger partial charge < -0.3 is 10.2 Å². The van der Waals surface area contributed by atoms with Gasteiger partial charge in [-0.1, -0.05) is 19.1 Å². The third-order valence-corrected chi connectivity index (χ3v) is 7.15. The molecule has 148 valence electrons. The molecule has 0 bridgehead atoms. The second-order valence-corrected chi connectivity index (χ2v) is 10.2. The minimum absolute atomic E-state index is 0.0772. The first-order valence-electron chi connectivity index (χ1n) is 8.70. The summed E-state index contributed by atoms with van der Waals surface area (Å²) >= 11 is 0. The molecule has 0 aromatic heterocycles. The van der Waals surface area contributed by atoms with Crippen LogP contribution in [0.25, 0.3) is 0 Å². The maximum Gasteiger partial charge on any atom is 0.240 e. The molecule has 0 amide bonds. The topological polar surface area (TPSA) is 108 Å². The molecule has 1 atom stereocenters. The molecule has 2 rings (SSSR count). The molecular weight excluding hydrogens is 376 g/mol. The van der Waals surface area contributed by atoms with Crippen LogP contribution in [0.15, 0.2) is 29.2 Å². The predicted molar refractivity (Wildman–Crippen MR) is 102 cm³/mol. The molecule has 1 aromatic carbocycles. The van der Waals surface area contributed by atoms with Gasteiger partial charge in [0.15, 0.2) is 0 Å². The Labute approximate surface area is 156 Å². The summed E-state index contributed by atoms with van der Waals surface area (Å²) in [5.74, 6) is 0.0772. The van der Waals surface area contributed by atoms with Crippen LogP contribution in [-0.4, -0.2) is 66.8 Å². The highest BCUT2D eigenvalue weighted by Gasteiger charge is 2.20. The first kappa shape index (κ1) is 21.3. The lowest BCUT2D eigenvalue weighted by molar-refractivity contribution is 0.239. The molecule has 10 heteroatoms. The summed E-state index contributed by atoms with van der Waals surface area (Å²) < 4.78 is 53.3. The fourth-order valence-electron chi connectivity index (χ4n) is 2.74. The van der Waals surface area contributed by atoms with Crippen molar-refractivity contribution >= 4 is 20.0 Å². The van der Waals surface area contributed by atoms with Gasteiger partial charge in [0.25, 0.3) is 0 Å². The molecule has 1 aliphatic heterocycles. The number of hydrogen-bond donors (Lipinski definition) is 3. The van der Waals surface area contributed by atoms with Crippen LogP contribution >= 0.6 is 0 Å². The van der Waals surface area contributed by atoms with Gasteiger partial charge in [-0.2, -0.15) is 0 Å². The number of likely N-dealkylation sites (N-methyl/N-ethyl adjacent to an activating group) is 1. The van der Waals surface area contributed by atoms with E-state index in [1.807, 2.05) is 7.05 Å². The molecule has 1 aliphatic rings.